The lowest BCUT2D eigenvalue weighted by molar-refractivity contribution is 1.08. The molecule has 3 rings (SSSR count). The molecule has 0 amide bonds. The van der Waals surface area contributed by atoms with Crippen LogP contribution >= 0.6 is 15.9 Å². The molecule has 0 atom stereocenters. The van der Waals surface area contributed by atoms with Gasteiger partial charge >= 0.3 is 0 Å². The van der Waals surface area contributed by atoms with Crippen LogP contribution in [-0.2, 0) is 6.54 Å². The van der Waals surface area contributed by atoms with E-state index in [2.05, 4.69) is 70.6 Å². The van der Waals surface area contributed by atoms with Gasteiger partial charge in [-0.2, -0.15) is 0 Å². The van der Waals surface area contributed by atoms with Crippen LogP contribution in [0.4, 0.5) is 5.69 Å². The molecule has 0 spiro atoms. The standard InChI is InChI=1S/C17H18BrN/c1-12-5-8-16(18)10-17(12)19-11-13-3-2-4-15(9-13)14-6-7-14/h2-5,8-10,14,19H,6-7,11H2,1H3. The van der Waals surface area contributed by atoms with E-state index < -0.39 is 0 Å². The monoisotopic (exact) mass is 315 g/mol. The summed E-state index contributed by atoms with van der Waals surface area (Å²) in [5, 5.41) is 3.53. The number of hydrogen-bond acceptors (Lipinski definition) is 1. The van der Waals surface area contributed by atoms with Crippen LogP contribution in [-0.4, -0.2) is 0 Å². The zero-order valence-corrected chi connectivity index (χ0v) is 12.7. The first-order chi connectivity index (χ1) is 9.22. The van der Waals surface area contributed by atoms with Crippen LogP contribution in [0.1, 0.15) is 35.4 Å². The minimum absolute atomic E-state index is 0.826. The van der Waals surface area contributed by atoms with Crippen molar-refractivity contribution in [2.45, 2.75) is 32.2 Å². The number of halogens is 1. The minimum Gasteiger partial charge on any atom is -0.381 e. The van der Waals surface area contributed by atoms with Crippen molar-refractivity contribution in [3.05, 3.63) is 63.6 Å². The van der Waals surface area contributed by atoms with Crippen molar-refractivity contribution >= 4 is 21.6 Å². The van der Waals surface area contributed by atoms with E-state index >= 15 is 0 Å². The van der Waals surface area contributed by atoms with Gasteiger partial charge in [-0.3, -0.25) is 0 Å². The van der Waals surface area contributed by atoms with Gasteiger partial charge in [0, 0.05) is 16.7 Å². The van der Waals surface area contributed by atoms with Crippen LogP contribution in [0, 0.1) is 6.92 Å². The Morgan fingerprint density at radius 1 is 1.16 bits per heavy atom. The normalized spacial score (nSPS) is 14.4. The molecule has 1 aliphatic carbocycles. The van der Waals surface area contributed by atoms with Crippen molar-refractivity contribution in [3.63, 3.8) is 0 Å². The van der Waals surface area contributed by atoms with E-state index in [1.54, 1.807) is 0 Å². The van der Waals surface area contributed by atoms with Gasteiger partial charge in [0.15, 0.2) is 0 Å². The van der Waals surface area contributed by atoms with Crippen molar-refractivity contribution in [1.29, 1.82) is 0 Å². The lowest BCUT2D eigenvalue weighted by atomic mass is 10.1. The van der Waals surface area contributed by atoms with Gasteiger partial charge in [0.1, 0.15) is 0 Å². The summed E-state index contributed by atoms with van der Waals surface area (Å²) in [7, 11) is 0. The Morgan fingerprint density at radius 2 is 2.00 bits per heavy atom. The summed E-state index contributed by atoms with van der Waals surface area (Å²) in [6.07, 6.45) is 2.73. The fraction of sp³-hybridized carbons (Fsp3) is 0.294. The van der Waals surface area contributed by atoms with Crippen molar-refractivity contribution in [2.24, 2.45) is 0 Å². The molecule has 1 saturated carbocycles. The maximum absolute atomic E-state index is 3.53. The SMILES string of the molecule is Cc1ccc(Br)cc1NCc1cccc(C2CC2)c1. The number of rotatable bonds is 4. The first-order valence-corrected chi connectivity index (χ1v) is 7.60. The number of aryl methyl sites for hydroxylation is 1. The summed E-state index contributed by atoms with van der Waals surface area (Å²) in [6.45, 7) is 3.02. The molecule has 19 heavy (non-hydrogen) atoms. The van der Waals surface area contributed by atoms with E-state index in [1.165, 1.54) is 35.2 Å². The zero-order chi connectivity index (χ0) is 13.2. The van der Waals surface area contributed by atoms with E-state index in [1.807, 2.05) is 0 Å². The largest absolute Gasteiger partial charge is 0.381 e. The summed E-state index contributed by atoms with van der Waals surface area (Å²) in [6, 6.07) is 15.3. The molecule has 1 nitrogen and oxygen atoms in total. The van der Waals surface area contributed by atoms with E-state index in [-0.39, 0.29) is 0 Å². The van der Waals surface area contributed by atoms with Crippen molar-refractivity contribution in [1.82, 2.24) is 0 Å². The fourth-order valence-corrected chi connectivity index (χ4v) is 2.72. The molecule has 1 N–H and O–H groups in total. The van der Waals surface area contributed by atoms with Gasteiger partial charge in [0.2, 0.25) is 0 Å². The summed E-state index contributed by atoms with van der Waals surface area (Å²) in [5.41, 5.74) is 5.35. The second kappa shape index (κ2) is 5.38. The molecule has 0 bridgehead atoms. The Hall–Kier alpha value is -1.28. The van der Waals surface area contributed by atoms with Gasteiger partial charge in [-0.15, -0.1) is 0 Å². The van der Waals surface area contributed by atoms with Gasteiger partial charge in [0.05, 0.1) is 0 Å². The Balaban J connectivity index is 1.71. The fourth-order valence-electron chi connectivity index (χ4n) is 2.36. The second-order valence-corrected chi connectivity index (χ2v) is 6.25. The smallest absolute Gasteiger partial charge is 0.0400 e. The predicted octanol–water partition coefficient (Wildman–Crippen LogP) is 5.25. The van der Waals surface area contributed by atoms with Crippen LogP contribution in [0.3, 0.4) is 0 Å². The number of benzene rings is 2. The number of anilines is 1. The summed E-state index contributed by atoms with van der Waals surface area (Å²) >= 11 is 3.52. The first-order valence-electron chi connectivity index (χ1n) is 6.81. The van der Waals surface area contributed by atoms with Gasteiger partial charge in [-0.1, -0.05) is 46.3 Å². The average Bonchev–Trinajstić information content (AvgIpc) is 3.25. The van der Waals surface area contributed by atoms with Gasteiger partial charge in [-0.05, 0) is 54.5 Å². The second-order valence-electron chi connectivity index (χ2n) is 5.33. The van der Waals surface area contributed by atoms with Gasteiger partial charge in [-0.25, -0.2) is 0 Å². The molecule has 0 saturated heterocycles. The average molecular weight is 316 g/mol. The highest BCUT2D eigenvalue weighted by atomic mass is 79.9. The topological polar surface area (TPSA) is 12.0 Å². The maximum atomic E-state index is 3.53. The van der Waals surface area contributed by atoms with Crippen molar-refractivity contribution in [2.75, 3.05) is 5.32 Å². The number of nitrogens with one attached hydrogen (secondary N) is 1. The summed E-state index contributed by atoms with van der Waals surface area (Å²) in [5.74, 6) is 0.826. The minimum atomic E-state index is 0.826. The van der Waals surface area contributed by atoms with E-state index in [4.69, 9.17) is 0 Å². The molecule has 1 aliphatic rings. The Labute approximate surface area is 123 Å². The van der Waals surface area contributed by atoms with Crippen LogP contribution in [0.25, 0.3) is 0 Å². The van der Waals surface area contributed by atoms with Gasteiger partial charge in [0.25, 0.3) is 0 Å². The molecular weight excluding hydrogens is 298 g/mol. The Kier molecular flexibility index (Phi) is 3.61. The van der Waals surface area contributed by atoms with Gasteiger partial charge < -0.3 is 5.32 Å². The molecule has 98 valence electrons. The highest BCUT2D eigenvalue weighted by molar-refractivity contribution is 9.10. The number of hydrogen-bond donors (Lipinski definition) is 1. The molecule has 0 aromatic heterocycles. The third kappa shape index (κ3) is 3.19. The van der Waals surface area contributed by atoms with E-state index in [9.17, 15) is 0 Å². The van der Waals surface area contributed by atoms with Crippen molar-refractivity contribution < 1.29 is 0 Å². The highest BCUT2D eigenvalue weighted by Crippen LogP contribution is 2.40. The molecule has 0 radical (unpaired) electrons. The van der Waals surface area contributed by atoms with Crippen molar-refractivity contribution in [3.8, 4) is 0 Å². The molecule has 0 unspecified atom stereocenters. The van der Waals surface area contributed by atoms with Crippen LogP contribution in [0.5, 0.6) is 0 Å². The summed E-state index contributed by atoms with van der Waals surface area (Å²) < 4.78 is 1.12. The molecule has 2 heteroatoms. The molecule has 2 aromatic carbocycles. The third-order valence-electron chi connectivity index (χ3n) is 3.68. The molecule has 1 fully saturated rings. The molecule has 2 aromatic rings. The lowest BCUT2D eigenvalue weighted by Gasteiger charge is -2.11. The lowest BCUT2D eigenvalue weighted by Crippen LogP contribution is -2.01. The zero-order valence-electron chi connectivity index (χ0n) is 11.1. The quantitative estimate of drug-likeness (QED) is 0.812. The summed E-state index contributed by atoms with van der Waals surface area (Å²) in [4.78, 5) is 0. The Morgan fingerprint density at radius 3 is 2.79 bits per heavy atom. The molecule has 0 aliphatic heterocycles. The maximum Gasteiger partial charge on any atom is 0.0400 e. The van der Waals surface area contributed by atoms with E-state index in [0.29, 0.717) is 0 Å². The third-order valence-corrected chi connectivity index (χ3v) is 4.18. The van der Waals surface area contributed by atoms with Crippen LogP contribution in [0.15, 0.2) is 46.9 Å². The Bertz CT molecular complexity index is 588. The molecular formula is C17H18BrN. The predicted molar refractivity (Wildman–Crippen MR) is 84.6 cm³/mol. The first kappa shape index (κ1) is 12.7. The molecule has 0 heterocycles. The van der Waals surface area contributed by atoms with Crippen LogP contribution < -0.4 is 5.32 Å². The van der Waals surface area contributed by atoms with E-state index in [0.717, 1.165) is 16.9 Å². The highest BCUT2D eigenvalue weighted by Gasteiger charge is 2.23. The van der Waals surface area contributed by atoms with Crippen LogP contribution in [0.2, 0.25) is 0 Å².